The largest absolute Gasteiger partial charge is 0.516 e. The van der Waals surface area contributed by atoms with Crippen molar-refractivity contribution in [3.8, 4) is 0 Å². The summed E-state index contributed by atoms with van der Waals surface area (Å²) in [5.74, 6) is -1.27. The van der Waals surface area contributed by atoms with E-state index < -0.39 is 26.2 Å². The molecule has 0 atom stereocenters. The predicted octanol–water partition coefficient (Wildman–Crippen LogP) is 3.83. The summed E-state index contributed by atoms with van der Waals surface area (Å²) < 4.78 is 60.0. The van der Waals surface area contributed by atoms with Gasteiger partial charge in [0, 0.05) is 21.0 Å². The molecule has 0 aliphatic rings. The maximum absolute atomic E-state index is 12.4. The number of nitrogens with one attached hydrogen (secondary N) is 1. The Hall–Kier alpha value is -1.33. The third-order valence-corrected chi connectivity index (χ3v) is 5.94. The average Bonchev–Trinajstić information content (AvgIpc) is 2.46. The Balaban J connectivity index is 2.33. The number of halogens is 4. The summed E-state index contributed by atoms with van der Waals surface area (Å²) in [6, 6.07) is 6.88. The molecule has 1 heterocycles. The highest BCUT2D eigenvalue weighted by Gasteiger charge is 2.48. The Morgan fingerprint density at radius 1 is 1.24 bits per heavy atom. The zero-order chi connectivity index (χ0) is 19.0. The molecule has 11 heteroatoms. The van der Waals surface area contributed by atoms with E-state index in [9.17, 15) is 26.4 Å². The van der Waals surface area contributed by atoms with Crippen LogP contribution in [0, 0.1) is 0 Å². The normalized spacial score (nSPS) is 13.0. The lowest BCUT2D eigenvalue weighted by Crippen LogP contribution is -2.47. The number of amides is 1. The molecular weight excluding hydrogens is 445 g/mol. The molecule has 0 spiro atoms. The molecule has 0 bridgehead atoms. The van der Waals surface area contributed by atoms with E-state index in [0.29, 0.717) is 15.8 Å². The van der Waals surface area contributed by atoms with Gasteiger partial charge in [0.15, 0.2) is 0 Å². The van der Waals surface area contributed by atoms with Crippen LogP contribution in [0.3, 0.4) is 0 Å². The van der Waals surface area contributed by atoms with E-state index in [-0.39, 0.29) is 0 Å². The van der Waals surface area contributed by atoms with Crippen molar-refractivity contribution in [3.63, 3.8) is 0 Å². The van der Waals surface area contributed by atoms with Gasteiger partial charge >= 0.3 is 15.5 Å². The van der Waals surface area contributed by atoms with Crippen molar-refractivity contribution in [1.29, 1.82) is 0 Å². The van der Waals surface area contributed by atoms with Gasteiger partial charge in [-0.15, -0.1) is 11.8 Å². The van der Waals surface area contributed by atoms with Crippen molar-refractivity contribution in [2.45, 2.75) is 29.0 Å². The maximum Gasteiger partial charge on any atom is 0.516 e. The second-order valence-corrected chi connectivity index (χ2v) is 9.72. The minimum atomic E-state index is -5.75. The summed E-state index contributed by atoms with van der Waals surface area (Å²) in [4.78, 5) is 16.8. The van der Waals surface area contributed by atoms with Gasteiger partial charge in [-0.25, -0.2) is 4.72 Å². The summed E-state index contributed by atoms with van der Waals surface area (Å²) in [6.45, 7) is 2.67. The Morgan fingerprint density at radius 3 is 2.48 bits per heavy atom. The van der Waals surface area contributed by atoms with Crippen LogP contribution in [-0.2, 0) is 14.8 Å². The maximum atomic E-state index is 12.4. The molecule has 2 rings (SSSR count). The molecule has 0 saturated carbocycles. The van der Waals surface area contributed by atoms with E-state index in [1.165, 1.54) is 20.0 Å². The van der Waals surface area contributed by atoms with Crippen molar-refractivity contribution in [1.82, 2.24) is 9.71 Å². The van der Waals surface area contributed by atoms with Crippen molar-refractivity contribution in [2.75, 3.05) is 0 Å². The van der Waals surface area contributed by atoms with E-state index >= 15 is 0 Å². The minimum absolute atomic E-state index is 0.579. The summed E-state index contributed by atoms with van der Waals surface area (Å²) in [7, 11) is -5.75. The van der Waals surface area contributed by atoms with Crippen LogP contribution in [0.25, 0.3) is 10.9 Å². The number of thioether (sulfide) groups is 1. The van der Waals surface area contributed by atoms with E-state index in [4.69, 9.17) is 0 Å². The van der Waals surface area contributed by atoms with Gasteiger partial charge in [0.1, 0.15) is 0 Å². The highest BCUT2D eigenvalue weighted by Crippen LogP contribution is 2.37. The Morgan fingerprint density at radius 2 is 1.88 bits per heavy atom. The van der Waals surface area contributed by atoms with Gasteiger partial charge in [-0.05, 0) is 38.1 Å². The van der Waals surface area contributed by atoms with Crippen LogP contribution in [0.15, 0.2) is 39.8 Å². The highest BCUT2D eigenvalue weighted by molar-refractivity contribution is 9.10. The predicted molar refractivity (Wildman–Crippen MR) is 92.5 cm³/mol. The fourth-order valence-electron chi connectivity index (χ4n) is 1.81. The molecule has 136 valence electrons. The smallest absolute Gasteiger partial charge is 0.272 e. The summed E-state index contributed by atoms with van der Waals surface area (Å²) in [5, 5.41) is 0.682. The third kappa shape index (κ3) is 4.45. The quantitative estimate of drug-likeness (QED) is 0.707. The monoisotopic (exact) mass is 456 g/mol. The standard InChI is InChI=1S/C14H12BrF3N2O3S2/c1-13(2,12(21)20-25(22,23)14(16,17)18)24-11-5-6-19-10-4-3-8(15)7-9(10)11/h3-7H,1-2H3,(H,20,21). The number of aromatic nitrogens is 1. The number of pyridine rings is 1. The van der Waals surface area contributed by atoms with Crippen LogP contribution in [-0.4, -0.2) is 29.6 Å². The molecule has 0 aliphatic carbocycles. The van der Waals surface area contributed by atoms with Crippen LogP contribution in [0.5, 0.6) is 0 Å². The molecular formula is C14H12BrF3N2O3S2. The molecule has 2 aromatic rings. The Kier molecular flexibility index (Phi) is 5.41. The zero-order valence-corrected chi connectivity index (χ0v) is 16.1. The van der Waals surface area contributed by atoms with Gasteiger partial charge in [0.05, 0.1) is 10.3 Å². The van der Waals surface area contributed by atoms with Gasteiger partial charge in [0.25, 0.3) is 0 Å². The number of benzene rings is 1. The lowest BCUT2D eigenvalue weighted by molar-refractivity contribution is -0.121. The molecule has 1 N–H and O–H groups in total. The second kappa shape index (κ2) is 6.76. The number of rotatable bonds is 4. The molecule has 0 aliphatic heterocycles. The van der Waals surface area contributed by atoms with E-state index in [1.54, 1.807) is 24.3 Å². The summed E-state index contributed by atoms with van der Waals surface area (Å²) >= 11 is 4.25. The van der Waals surface area contributed by atoms with Gasteiger partial charge < -0.3 is 0 Å². The molecule has 1 amide bonds. The number of nitrogens with zero attached hydrogens (tertiary/aromatic N) is 1. The lowest BCUT2D eigenvalue weighted by Gasteiger charge is -2.23. The molecule has 1 aromatic heterocycles. The molecule has 0 unspecified atom stereocenters. The first-order chi connectivity index (χ1) is 11.3. The molecule has 0 saturated heterocycles. The van der Waals surface area contributed by atoms with E-state index in [1.807, 2.05) is 0 Å². The minimum Gasteiger partial charge on any atom is -0.272 e. The average molecular weight is 457 g/mol. The molecule has 0 radical (unpaired) electrons. The van der Waals surface area contributed by atoms with E-state index in [0.717, 1.165) is 21.0 Å². The van der Waals surface area contributed by atoms with Crippen molar-refractivity contribution < 1.29 is 26.4 Å². The van der Waals surface area contributed by atoms with Crippen LogP contribution in [0.2, 0.25) is 0 Å². The zero-order valence-electron chi connectivity index (χ0n) is 12.9. The third-order valence-electron chi connectivity index (χ3n) is 3.11. The number of hydrogen-bond acceptors (Lipinski definition) is 5. The number of sulfonamides is 1. The van der Waals surface area contributed by atoms with Crippen LogP contribution >= 0.6 is 27.7 Å². The molecule has 1 aromatic carbocycles. The van der Waals surface area contributed by atoms with Crippen molar-refractivity contribution in [3.05, 3.63) is 34.9 Å². The van der Waals surface area contributed by atoms with Crippen LogP contribution in [0.1, 0.15) is 13.8 Å². The SMILES string of the molecule is CC(C)(Sc1ccnc2ccc(Br)cc12)C(=O)NS(=O)(=O)C(F)(F)F. The first kappa shape index (κ1) is 20.0. The number of carbonyl (C=O) groups is 1. The topological polar surface area (TPSA) is 76.1 Å². The number of hydrogen-bond donors (Lipinski definition) is 1. The molecule has 0 fully saturated rings. The van der Waals surface area contributed by atoms with Crippen molar-refractivity contribution >= 4 is 54.5 Å². The first-order valence-electron chi connectivity index (χ1n) is 6.70. The number of carbonyl (C=O) groups excluding carboxylic acids is 1. The highest BCUT2D eigenvalue weighted by atomic mass is 79.9. The number of alkyl halides is 3. The lowest BCUT2D eigenvalue weighted by atomic mass is 10.2. The van der Waals surface area contributed by atoms with E-state index in [2.05, 4.69) is 20.9 Å². The summed E-state index contributed by atoms with van der Waals surface area (Å²) in [5.41, 5.74) is -4.93. The Labute approximate surface area is 154 Å². The van der Waals surface area contributed by atoms with Gasteiger partial charge in [-0.1, -0.05) is 15.9 Å². The molecule has 25 heavy (non-hydrogen) atoms. The first-order valence-corrected chi connectivity index (χ1v) is 9.79. The van der Waals surface area contributed by atoms with Crippen LogP contribution < -0.4 is 4.72 Å². The van der Waals surface area contributed by atoms with Gasteiger partial charge in [-0.2, -0.15) is 21.6 Å². The fourth-order valence-corrected chi connectivity index (χ4v) is 3.94. The number of fused-ring (bicyclic) bond motifs is 1. The summed E-state index contributed by atoms with van der Waals surface area (Å²) in [6.07, 6.45) is 1.50. The fraction of sp³-hybridized carbons (Fsp3) is 0.286. The van der Waals surface area contributed by atoms with Crippen LogP contribution in [0.4, 0.5) is 13.2 Å². The van der Waals surface area contributed by atoms with Gasteiger partial charge in [0.2, 0.25) is 5.91 Å². The second-order valence-electron chi connectivity index (χ2n) is 5.46. The van der Waals surface area contributed by atoms with Gasteiger partial charge in [-0.3, -0.25) is 9.78 Å². The van der Waals surface area contributed by atoms with Crippen molar-refractivity contribution in [2.24, 2.45) is 0 Å². The Bertz CT molecular complexity index is 931. The molecule has 5 nitrogen and oxygen atoms in total.